The Balaban J connectivity index is 1.47. The number of amides is 2. The van der Waals surface area contributed by atoms with Crippen LogP contribution in [0.15, 0.2) is 108 Å². The van der Waals surface area contributed by atoms with Gasteiger partial charge >= 0.3 is 0 Å². The van der Waals surface area contributed by atoms with Gasteiger partial charge in [0.1, 0.15) is 11.0 Å². The molecule has 0 saturated carbocycles. The van der Waals surface area contributed by atoms with Crippen LogP contribution in [0.2, 0.25) is 0 Å². The molecule has 0 radical (unpaired) electrons. The number of nitrogens with one attached hydrogen (secondary N) is 2. The van der Waals surface area contributed by atoms with Gasteiger partial charge < -0.3 is 15.4 Å². The van der Waals surface area contributed by atoms with E-state index in [1.165, 1.54) is 11.8 Å². The molecule has 35 heavy (non-hydrogen) atoms. The fourth-order valence-corrected chi connectivity index (χ4v) is 4.47. The summed E-state index contributed by atoms with van der Waals surface area (Å²) < 4.78 is 5.19. The van der Waals surface area contributed by atoms with Gasteiger partial charge in [-0.2, -0.15) is 0 Å². The van der Waals surface area contributed by atoms with Crippen LogP contribution in [-0.4, -0.2) is 18.9 Å². The van der Waals surface area contributed by atoms with Crippen LogP contribution < -0.4 is 15.4 Å². The second-order valence-electron chi connectivity index (χ2n) is 7.97. The SMILES string of the molecule is COc1ccc(NC(=O)C(Sc2ccc(NC(=O)c3ccc(C)cc3)cc2)c2ccccc2)cc1. The molecule has 4 aromatic carbocycles. The van der Waals surface area contributed by atoms with E-state index in [1.54, 1.807) is 19.2 Å². The lowest BCUT2D eigenvalue weighted by molar-refractivity contribution is -0.115. The highest BCUT2D eigenvalue weighted by atomic mass is 32.2. The Labute approximate surface area is 209 Å². The summed E-state index contributed by atoms with van der Waals surface area (Å²) >= 11 is 1.45. The molecule has 1 unspecified atom stereocenters. The third kappa shape index (κ3) is 6.52. The van der Waals surface area contributed by atoms with Crippen molar-refractivity contribution in [1.82, 2.24) is 0 Å². The van der Waals surface area contributed by atoms with Crippen molar-refractivity contribution in [3.05, 3.63) is 120 Å². The molecule has 176 valence electrons. The number of rotatable bonds is 8. The predicted octanol–water partition coefficient (Wildman–Crippen LogP) is 6.73. The van der Waals surface area contributed by atoms with E-state index in [1.807, 2.05) is 97.9 Å². The van der Waals surface area contributed by atoms with Crippen LogP contribution >= 0.6 is 11.8 Å². The number of hydrogen-bond donors (Lipinski definition) is 2. The van der Waals surface area contributed by atoms with Gasteiger partial charge in [0.25, 0.3) is 5.91 Å². The van der Waals surface area contributed by atoms with Gasteiger partial charge in [0.15, 0.2) is 0 Å². The number of methoxy groups -OCH3 is 1. The summed E-state index contributed by atoms with van der Waals surface area (Å²) in [6.45, 7) is 1.98. The Bertz CT molecular complexity index is 1270. The van der Waals surface area contributed by atoms with E-state index < -0.39 is 5.25 Å². The minimum absolute atomic E-state index is 0.122. The lowest BCUT2D eigenvalue weighted by Crippen LogP contribution is -2.19. The third-order valence-corrected chi connectivity index (χ3v) is 6.64. The summed E-state index contributed by atoms with van der Waals surface area (Å²) in [5.41, 5.74) is 4.01. The first-order valence-corrected chi connectivity index (χ1v) is 12.0. The van der Waals surface area contributed by atoms with Crippen LogP contribution in [0.1, 0.15) is 26.7 Å². The first-order valence-electron chi connectivity index (χ1n) is 11.2. The first kappa shape index (κ1) is 24.1. The number of ether oxygens (including phenoxy) is 1. The highest BCUT2D eigenvalue weighted by Gasteiger charge is 2.22. The number of carbonyl (C=O) groups is 2. The molecule has 4 rings (SSSR count). The molecule has 0 spiro atoms. The van der Waals surface area contributed by atoms with Gasteiger partial charge in [0, 0.05) is 21.8 Å². The third-order valence-electron chi connectivity index (χ3n) is 5.38. The van der Waals surface area contributed by atoms with Crippen LogP contribution in [0.3, 0.4) is 0 Å². The smallest absolute Gasteiger partial charge is 0.255 e. The van der Waals surface area contributed by atoms with Crippen molar-refractivity contribution >= 4 is 35.0 Å². The number of anilines is 2. The maximum atomic E-state index is 13.2. The topological polar surface area (TPSA) is 67.4 Å². The lowest BCUT2D eigenvalue weighted by atomic mass is 10.1. The van der Waals surface area contributed by atoms with Gasteiger partial charge in [-0.1, -0.05) is 48.0 Å². The Hall–Kier alpha value is -4.03. The van der Waals surface area contributed by atoms with E-state index >= 15 is 0 Å². The number of aryl methyl sites for hydroxylation is 1. The zero-order chi connectivity index (χ0) is 24.6. The van der Waals surface area contributed by atoms with Crippen molar-refractivity contribution in [2.45, 2.75) is 17.1 Å². The molecule has 0 aliphatic carbocycles. The molecule has 0 aliphatic heterocycles. The highest BCUT2D eigenvalue weighted by Crippen LogP contribution is 2.37. The Kier molecular flexibility index (Phi) is 7.85. The molecule has 2 N–H and O–H groups in total. The van der Waals surface area contributed by atoms with E-state index in [2.05, 4.69) is 10.6 Å². The number of carbonyl (C=O) groups excluding carboxylic acids is 2. The summed E-state index contributed by atoms with van der Waals surface area (Å²) in [6, 6.07) is 31.9. The van der Waals surface area contributed by atoms with Gasteiger partial charge in [-0.15, -0.1) is 11.8 Å². The van der Waals surface area contributed by atoms with Gasteiger partial charge in [0.05, 0.1) is 7.11 Å². The fraction of sp³-hybridized carbons (Fsp3) is 0.103. The van der Waals surface area contributed by atoms with Crippen LogP contribution in [0.4, 0.5) is 11.4 Å². The van der Waals surface area contributed by atoms with Crippen LogP contribution in [-0.2, 0) is 4.79 Å². The molecule has 5 nitrogen and oxygen atoms in total. The quantitative estimate of drug-likeness (QED) is 0.273. The Morgan fingerprint density at radius 2 is 1.34 bits per heavy atom. The molecule has 2 amide bonds. The minimum atomic E-state index is -0.452. The second-order valence-corrected chi connectivity index (χ2v) is 9.15. The van der Waals surface area contributed by atoms with E-state index in [0.29, 0.717) is 16.9 Å². The molecule has 6 heteroatoms. The summed E-state index contributed by atoms with van der Waals surface area (Å²) in [5, 5.41) is 5.46. The Morgan fingerprint density at radius 3 is 1.97 bits per heavy atom. The van der Waals surface area contributed by atoms with Crippen molar-refractivity contribution in [3.8, 4) is 5.75 Å². The van der Waals surface area contributed by atoms with Gasteiger partial charge in [-0.05, 0) is 73.2 Å². The lowest BCUT2D eigenvalue weighted by Gasteiger charge is -2.17. The maximum absolute atomic E-state index is 13.2. The van der Waals surface area contributed by atoms with E-state index in [0.717, 1.165) is 21.8 Å². The van der Waals surface area contributed by atoms with Crippen LogP contribution in [0.5, 0.6) is 5.75 Å². The van der Waals surface area contributed by atoms with Crippen LogP contribution in [0.25, 0.3) is 0 Å². The highest BCUT2D eigenvalue weighted by molar-refractivity contribution is 8.00. The van der Waals surface area contributed by atoms with E-state index in [-0.39, 0.29) is 11.8 Å². The molecule has 0 aromatic heterocycles. The molecule has 0 fully saturated rings. The van der Waals surface area contributed by atoms with E-state index in [4.69, 9.17) is 4.74 Å². The zero-order valence-electron chi connectivity index (χ0n) is 19.5. The number of thioether (sulfide) groups is 1. The minimum Gasteiger partial charge on any atom is -0.497 e. The monoisotopic (exact) mass is 482 g/mol. The fourth-order valence-electron chi connectivity index (χ4n) is 3.44. The van der Waals surface area contributed by atoms with Gasteiger partial charge in [0.2, 0.25) is 5.91 Å². The first-order chi connectivity index (χ1) is 17.0. The van der Waals surface area contributed by atoms with Crippen LogP contribution in [0, 0.1) is 6.92 Å². The maximum Gasteiger partial charge on any atom is 0.255 e. The largest absolute Gasteiger partial charge is 0.497 e. The van der Waals surface area contributed by atoms with Crippen molar-refractivity contribution in [3.63, 3.8) is 0 Å². The molecular weight excluding hydrogens is 456 g/mol. The normalized spacial score (nSPS) is 11.4. The summed E-state index contributed by atoms with van der Waals surface area (Å²) in [7, 11) is 1.61. The summed E-state index contributed by atoms with van der Waals surface area (Å²) in [4.78, 5) is 26.7. The van der Waals surface area contributed by atoms with E-state index in [9.17, 15) is 9.59 Å². The molecule has 0 bridgehead atoms. The van der Waals surface area contributed by atoms with Gasteiger partial charge in [-0.3, -0.25) is 9.59 Å². The molecule has 1 atom stereocenters. The predicted molar refractivity (Wildman–Crippen MR) is 142 cm³/mol. The molecular formula is C29H26N2O3S. The van der Waals surface area contributed by atoms with Crippen molar-refractivity contribution < 1.29 is 14.3 Å². The Morgan fingerprint density at radius 1 is 0.743 bits per heavy atom. The molecule has 0 heterocycles. The average Bonchev–Trinajstić information content (AvgIpc) is 2.89. The summed E-state index contributed by atoms with van der Waals surface area (Å²) in [5.74, 6) is 0.445. The van der Waals surface area contributed by atoms with Crippen molar-refractivity contribution in [1.29, 1.82) is 0 Å². The standard InChI is InChI=1S/C29H26N2O3S/c1-20-8-10-22(11-9-20)28(32)30-24-14-18-26(19-15-24)35-27(21-6-4-3-5-7-21)29(33)31-23-12-16-25(34-2)17-13-23/h3-19,27H,1-2H3,(H,30,32)(H,31,33). The molecule has 0 aliphatic rings. The number of benzene rings is 4. The molecule has 0 saturated heterocycles. The summed E-state index contributed by atoms with van der Waals surface area (Å²) in [6.07, 6.45) is 0. The second kappa shape index (κ2) is 11.4. The number of hydrogen-bond acceptors (Lipinski definition) is 4. The molecule has 4 aromatic rings. The van der Waals surface area contributed by atoms with Crippen molar-refractivity contribution in [2.75, 3.05) is 17.7 Å². The average molecular weight is 483 g/mol. The van der Waals surface area contributed by atoms with Gasteiger partial charge in [-0.25, -0.2) is 0 Å². The zero-order valence-corrected chi connectivity index (χ0v) is 20.3. The van der Waals surface area contributed by atoms with Crippen molar-refractivity contribution in [2.24, 2.45) is 0 Å².